The van der Waals surface area contributed by atoms with E-state index in [0.717, 1.165) is 16.5 Å². The van der Waals surface area contributed by atoms with Gasteiger partial charge in [0.25, 0.3) is 0 Å². The Hall–Kier alpha value is -3.32. The standard InChI is InChI=1S/C27H31ClN8O3S/c1-15(2)18-4-5-22(35-10-16(26(35)29)14-40(3,37)38)20-9-31-24(8-19(18)20)32-23-6-7-30-27(33-23)21-11-36(34-25(21)28)17-12-39-13-17/h4-9,11,15-17,26H,10,12-14,29H2,1-3H3,(H,30,31,32,33)/t16-,26+/m1/s1. The molecule has 5 heterocycles. The first kappa shape index (κ1) is 26.9. The number of sulfone groups is 1. The number of halogens is 1. The molecule has 0 bridgehead atoms. The van der Waals surface area contributed by atoms with Gasteiger partial charge in [-0.3, -0.25) is 4.68 Å². The van der Waals surface area contributed by atoms with Crippen LogP contribution in [0.25, 0.3) is 22.2 Å². The molecule has 1 aromatic carbocycles. The normalized spacial score (nSPS) is 19.6. The van der Waals surface area contributed by atoms with E-state index in [2.05, 4.69) is 51.3 Å². The van der Waals surface area contributed by atoms with Gasteiger partial charge in [0.05, 0.1) is 36.7 Å². The zero-order chi connectivity index (χ0) is 28.2. The van der Waals surface area contributed by atoms with Crippen LogP contribution >= 0.6 is 11.6 Å². The highest BCUT2D eigenvalue weighted by Gasteiger charge is 2.39. The Morgan fingerprint density at radius 1 is 1.18 bits per heavy atom. The molecular weight excluding hydrogens is 552 g/mol. The summed E-state index contributed by atoms with van der Waals surface area (Å²) in [7, 11) is -3.10. The Morgan fingerprint density at radius 3 is 2.65 bits per heavy atom. The van der Waals surface area contributed by atoms with E-state index < -0.39 is 9.84 Å². The van der Waals surface area contributed by atoms with E-state index in [-0.39, 0.29) is 29.8 Å². The van der Waals surface area contributed by atoms with Gasteiger partial charge in [0.1, 0.15) is 21.5 Å². The molecule has 13 heteroatoms. The van der Waals surface area contributed by atoms with Gasteiger partial charge in [-0.2, -0.15) is 5.10 Å². The van der Waals surface area contributed by atoms with Crippen LogP contribution in [0.15, 0.2) is 42.9 Å². The predicted octanol–water partition coefficient (Wildman–Crippen LogP) is 3.75. The first-order chi connectivity index (χ1) is 19.1. The van der Waals surface area contributed by atoms with Gasteiger partial charge in [0.15, 0.2) is 11.0 Å². The quantitative estimate of drug-likeness (QED) is 0.315. The van der Waals surface area contributed by atoms with Crippen LogP contribution in [0, 0.1) is 5.92 Å². The molecule has 0 aliphatic carbocycles. The van der Waals surface area contributed by atoms with Crippen LogP contribution in [0.4, 0.5) is 17.3 Å². The third-order valence-corrected chi connectivity index (χ3v) is 8.78. The van der Waals surface area contributed by atoms with E-state index >= 15 is 0 Å². The van der Waals surface area contributed by atoms with Crippen LogP contribution in [-0.4, -0.2) is 71.1 Å². The highest BCUT2D eigenvalue weighted by Crippen LogP contribution is 2.38. The van der Waals surface area contributed by atoms with Crippen molar-refractivity contribution >= 4 is 49.5 Å². The Kier molecular flexibility index (Phi) is 6.89. The molecule has 2 aliphatic heterocycles. The van der Waals surface area contributed by atoms with Crippen molar-refractivity contribution in [3.63, 3.8) is 0 Å². The minimum absolute atomic E-state index is 0.0842. The Morgan fingerprint density at radius 2 is 1.98 bits per heavy atom. The zero-order valence-electron chi connectivity index (χ0n) is 22.5. The number of nitrogens with zero attached hydrogens (tertiary/aromatic N) is 6. The molecule has 6 rings (SSSR count). The molecule has 0 spiro atoms. The summed E-state index contributed by atoms with van der Waals surface area (Å²) < 4.78 is 30.6. The molecule has 40 heavy (non-hydrogen) atoms. The topological polar surface area (TPSA) is 141 Å². The van der Waals surface area contributed by atoms with Gasteiger partial charge in [0.2, 0.25) is 0 Å². The van der Waals surface area contributed by atoms with Crippen molar-refractivity contribution in [1.82, 2.24) is 24.7 Å². The van der Waals surface area contributed by atoms with Crippen molar-refractivity contribution < 1.29 is 13.2 Å². The minimum Gasteiger partial charge on any atom is -0.377 e. The number of rotatable bonds is 8. The fourth-order valence-electron chi connectivity index (χ4n) is 5.24. The van der Waals surface area contributed by atoms with Crippen molar-refractivity contribution in [2.24, 2.45) is 11.7 Å². The highest BCUT2D eigenvalue weighted by molar-refractivity contribution is 7.90. The van der Waals surface area contributed by atoms with Gasteiger partial charge < -0.3 is 20.7 Å². The lowest BCUT2D eigenvalue weighted by Crippen LogP contribution is -2.63. The number of nitrogens with two attached hydrogens (primary N) is 1. The van der Waals surface area contributed by atoms with E-state index in [1.54, 1.807) is 16.9 Å². The summed E-state index contributed by atoms with van der Waals surface area (Å²) in [6, 6.07) is 8.12. The van der Waals surface area contributed by atoms with E-state index in [4.69, 9.17) is 22.1 Å². The lowest BCUT2D eigenvalue weighted by Gasteiger charge is -2.47. The molecule has 4 aromatic rings. The molecule has 0 amide bonds. The van der Waals surface area contributed by atoms with Crippen LogP contribution < -0.4 is 16.0 Å². The molecular formula is C27H31ClN8O3S. The Balaban J connectivity index is 1.29. The smallest absolute Gasteiger partial charge is 0.166 e. The monoisotopic (exact) mass is 582 g/mol. The summed E-state index contributed by atoms with van der Waals surface area (Å²) in [5.41, 5.74) is 9.19. The first-order valence-electron chi connectivity index (χ1n) is 13.1. The predicted molar refractivity (Wildman–Crippen MR) is 156 cm³/mol. The number of pyridine rings is 1. The fraction of sp³-hybridized carbons (Fsp3) is 0.407. The zero-order valence-corrected chi connectivity index (χ0v) is 24.0. The lowest BCUT2D eigenvalue weighted by atomic mass is 9.92. The molecule has 210 valence electrons. The second-order valence-corrected chi connectivity index (χ2v) is 13.4. The van der Waals surface area contributed by atoms with Crippen molar-refractivity contribution in [2.45, 2.75) is 32.0 Å². The van der Waals surface area contributed by atoms with Gasteiger partial charge in [-0.15, -0.1) is 0 Å². The molecule has 2 aliphatic rings. The highest BCUT2D eigenvalue weighted by atomic mass is 35.5. The number of ether oxygens (including phenoxy) is 1. The number of nitrogens with one attached hydrogen (secondary N) is 1. The molecule has 2 atom stereocenters. The van der Waals surface area contributed by atoms with E-state index in [1.165, 1.54) is 11.8 Å². The van der Waals surface area contributed by atoms with Gasteiger partial charge in [-0.05, 0) is 35.1 Å². The Labute approximate surface area is 237 Å². The molecule has 3 N–H and O–H groups in total. The van der Waals surface area contributed by atoms with Crippen LogP contribution in [0.5, 0.6) is 0 Å². The van der Waals surface area contributed by atoms with Gasteiger partial charge in [-0.1, -0.05) is 31.5 Å². The number of fused-ring (bicyclic) bond motifs is 1. The van der Waals surface area contributed by atoms with E-state index in [1.807, 2.05) is 23.4 Å². The van der Waals surface area contributed by atoms with Crippen LogP contribution in [0.1, 0.15) is 31.4 Å². The molecule has 0 unspecified atom stereocenters. The van der Waals surface area contributed by atoms with Crippen molar-refractivity contribution in [2.75, 3.05) is 42.0 Å². The van der Waals surface area contributed by atoms with E-state index in [0.29, 0.717) is 47.9 Å². The Bertz CT molecular complexity index is 1690. The van der Waals surface area contributed by atoms with Crippen LogP contribution in [0.3, 0.4) is 0 Å². The fourth-order valence-corrected chi connectivity index (χ4v) is 6.54. The first-order valence-corrected chi connectivity index (χ1v) is 15.6. The van der Waals surface area contributed by atoms with E-state index in [9.17, 15) is 8.42 Å². The minimum atomic E-state index is -3.10. The van der Waals surface area contributed by atoms with Crippen molar-refractivity contribution in [1.29, 1.82) is 0 Å². The number of hydrogen-bond acceptors (Lipinski definition) is 10. The number of anilines is 3. The maximum absolute atomic E-state index is 11.8. The molecule has 0 radical (unpaired) electrons. The second kappa shape index (κ2) is 10.3. The van der Waals surface area contributed by atoms with Gasteiger partial charge in [0, 0.05) is 48.4 Å². The third kappa shape index (κ3) is 5.12. The van der Waals surface area contributed by atoms with Gasteiger partial charge in [-0.25, -0.2) is 23.4 Å². The molecule has 2 fully saturated rings. The number of aromatic nitrogens is 5. The molecule has 3 aromatic heterocycles. The summed E-state index contributed by atoms with van der Waals surface area (Å²) in [5, 5.41) is 10.0. The summed E-state index contributed by atoms with van der Waals surface area (Å²) in [4.78, 5) is 15.8. The maximum atomic E-state index is 11.8. The average Bonchev–Trinajstić information content (AvgIpc) is 3.24. The number of hydrogen-bond donors (Lipinski definition) is 2. The SMILES string of the molecule is CC(C)c1ccc(N2C[C@H](CS(C)(=O)=O)[C@H]2N)c2cnc(Nc3ccnc(-c4cn(C5COC5)nc4Cl)n3)cc12. The molecule has 0 saturated carbocycles. The van der Waals surface area contributed by atoms with Crippen molar-refractivity contribution in [3.05, 3.63) is 53.6 Å². The van der Waals surface area contributed by atoms with Crippen LogP contribution in [-0.2, 0) is 14.6 Å². The average molecular weight is 583 g/mol. The summed E-state index contributed by atoms with van der Waals surface area (Å²) >= 11 is 6.41. The summed E-state index contributed by atoms with van der Waals surface area (Å²) in [6.45, 7) is 6.10. The van der Waals surface area contributed by atoms with Crippen molar-refractivity contribution in [3.8, 4) is 11.4 Å². The molecule has 11 nitrogen and oxygen atoms in total. The van der Waals surface area contributed by atoms with Gasteiger partial charge >= 0.3 is 0 Å². The molecule has 2 saturated heterocycles. The number of benzene rings is 1. The van der Waals surface area contributed by atoms with Crippen LogP contribution in [0.2, 0.25) is 5.15 Å². The maximum Gasteiger partial charge on any atom is 0.166 e. The largest absolute Gasteiger partial charge is 0.377 e. The lowest BCUT2D eigenvalue weighted by molar-refractivity contribution is -0.0286. The summed E-state index contributed by atoms with van der Waals surface area (Å²) in [6.07, 6.45) is 6.23. The second-order valence-electron chi connectivity index (χ2n) is 10.8. The third-order valence-electron chi connectivity index (χ3n) is 7.47. The summed E-state index contributed by atoms with van der Waals surface area (Å²) in [5.74, 6) is 1.93.